The van der Waals surface area contributed by atoms with Crippen molar-refractivity contribution in [2.75, 3.05) is 39.0 Å². The number of nitrogens with zero attached hydrogens (tertiary/aromatic N) is 2. The van der Waals surface area contributed by atoms with E-state index < -0.39 is 0 Å². The molecule has 0 aromatic heterocycles. The molecule has 0 spiro atoms. The van der Waals surface area contributed by atoms with Crippen molar-refractivity contribution >= 4 is 11.8 Å². The van der Waals surface area contributed by atoms with Crippen LogP contribution in [0.3, 0.4) is 0 Å². The minimum absolute atomic E-state index is 0.858. The first-order chi connectivity index (χ1) is 8.25. The lowest BCUT2D eigenvalue weighted by atomic mass is 10.00. The maximum Gasteiger partial charge on any atom is 0.0104 e. The summed E-state index contributed by atoms with van der Waals surface area (Å²) < 4.78 is 0. The van der Waals surface area contributed by atoms with Gasteiger partial charge in [-0.25, -0.2) is 0 Å². The fourth-order valence-electron chi connectivity index (χ4n) is 3.01. The Morgan fingerprint density at radius 3 is 2.82 bits per heavy atom. The highest BCUT2D eigenvalue weighted by molar-refractivity contribution is 7.99. The maximum atomic E-state index is 2.69. The summed E-state index contributed by atoms with van der Waals surface area (Å²) >= 11 is 2.15. The largest absolute Gasteiger partial charge is 0.303 e. The van der Waals surface area contributed by atoms with E-state index in [-0.39, 0.29) is 0 Å². The van der Waals surface area contributed by atoms with E-state index in [1.165, 1.54) is 64.0 Å². The van der Waals surface area contributed by atoms with Crippen LogP contribution in [0, 0.1) is 0 Å². The van der Waals surface area contributed by atoms with E-state index in [4.69, 9.17) is 0 Å². The monoisotopic (exact) mass is 256 g/mol. The SMILES string of the molecule is C[C@@H]1CCN(CC[C@H]2CCCCN2C)CCS1. The normalized spacial score (nSPS) is 33.5. The van der Waals surface area contributed by atoms with Gasteiger partial charge in [0.15, 0.2) is 0 Å². The van der Waals surface area contributed by atoms with Crippen LogP contribution >= 0.6 is 11.8 Å². The predicted octanol–water partition coefficient (Wildman–Crippen LogP) is 2.69. The van der Waals surface area contributed by atoms with Gasteiger partial charge in [-0.05, 0) is 52.4 Å². The standard InChI is InChI=1S/C14H28N2S/c1-13-6-9-16(11-12-17-13)10-7-14-5-3-4-8-15(14)2/h13-14H,3-12H2,1-2H3/t13-,14-/m1/s1. The van der Waals surface area contributed by atoms with Crippen LogP contribution in [0.2, 0.25) is 0 Å². The first-order valence-corrected chi connectivity index (χ1v) is 8.35. The third-order valence-corrected chi connectivity index (χ3v) is 5.58. The molecular weight excluding hydrogens is 228 g/mol. The summed E-state index contributed by atoms with van der Waals surface area (Å²) in [7, 11) is 2.31. The van der Waals surface area contributed by atoms with Crippen LogP contribution in [0.4, 0.5) is 0 Å². The van der Waals surface area contributed by atoms with Crippen molar-refractivity contribution in [1.29, 1.82) is 0 Å². The van der Waals surface area contributed by atoms with Crippen molar-refractivity contribution in [2.24, 2.45) is 0 Å². The van der Waals surface area contributed by atoms with Crippen LogP contribution < -0.4 is 0 Å². The van der Waals surface area contributed by atoms with Crippen LogP contribution in [0.5, 0.6) is 0 Å². The van der Waals surface area contributed by atoms with E-state index in [2.05, 4.69) is 35.5 Å². The summed E-state index contributed by atoms with van der Waals surface area (Å²) in [4.78, 5) is 5.28. The van der Waals surface area contributed by atoms with Gasteiger partial charge in [0.1, 0.15) is 0 Å². The lowest BCUT2D eigenvalue weighted by molar-refractivity contribution is 0.156. The Balaban J connectivity index is 1.69. The second kappa shape index (κ2) is 7.01. The highest BCUT2D eigenvalue weighted by atomic mass is 32.2. The molecule has 0 aromatic rings. The Morgan fingerprint density at radius 2 is 2.00 bits per heavy atom. The summed E-state index contributed by atoms with van der Waals surface area (Å²) in [6, 6.07) is 0.858. The van der Waals surface area contributed by atoms with E-state index in [9.17, 15) is 0 Å². The lowest BCUT2D eigenvalue weighted by Crippen LogP contribution is -2.39. The van der Waals surface area contributed by atoms with Crippen molar-refractivity contribution in [1.82, 2.24) is 9.80 Å². The summed E-state index contributed by atoms with van der Waals surface area (Å²) in [6.45, 7) is 7.65. The second-order valence-electron chi connectivity index (χ2n) is 5.73. The van der Waals surface area contributed by atoms with Gasteiger partial charge in [-0.2, -0.15) is 11.8 Å². The Kier molecular flexibility index (Phi) is 5.64. The zero-order valence-corrected chi connectivity index (χ0v) is 12.3. The topological polar surface area (TPSA) is 6.48 Å². The molecule has 2 nitrogen and oxygen atoms in total. The quantitative estimate of drug-likeness (QED) is 0.766. The minimum atomic E-state index is 0.858. The van der Waals surface area contributed by atoms with Gasteiger partial charge >= 0.3 is 0 Å². The highest BCUT2D eigenvalue weighted by Crippen LogP contribution is 2.21. The molecule has 0 saturated carbocycles. The molecule has 0 aliphatic carbocycles. The average Bonchev–Trinajstić information content (AvgIpc) is 2.53. The van der Waals surface area contributed by atoms with Crippen molar-refractivity contribution in [3.8, 4) is 0 Å². The number of piperidine rings is 1. The number of hydrogen-bond acceptors (Lipinski definition) is 3. The van der Waals surface area contributed by atoms with Crippen molar-refractivity contribution in [3.05, 3.63) is 0 Å². The molecule has 3 heteroatoms. The molecule has 0 amide bonds. The molecule has 0 bridgehead atoms. The summed E-state index contributed by atoms with van der Waals surface area (Å²) in [5, 5.41) is 0.873. The van der Waals surface area contributed by atoms with Crippen LogP contribution in [0.25, 0.3) is 0 Å². The van der Waals surface area contributed by atoms with E-state index in [0.717, 1.165) is 11.3 Å². The predicted molar refractivity (Wildman–Crippen MR) is 77.9 cm³/mol. The number of hydrogen-bond donors (Lipinski definition) is 0. The number of likely N-dealkylation sites (tertiary alicyclic amines) is 1. The molecule has 0 unspecified atom stereocenters. The fourth-order valence-corrected chi connectivity index (χ4v) is 4.04. The Morgan fingerprint density at radius 1 is 1.12 bits per heavy atom. The zero-order valence-electron chi connectivity index (χ0n) is 11.5. The lowest BCUT2D eigenvalue weighted by Gasteiger charge is -2.34. The molecule has 2 atom stereocenters. The van der Waals surface area contributed by atoms with E-state index in [1.54, 1.807) is 0 Å². The molecule has 2 fully saturated rings. The van der Waals surface area contributed by atoms with Gasteiger partial charge in [-0.3, -0.25) is 0 Å². The third kappa shape index (κ3) is 4.46. The fraction of sp³-hybridized carbons (Fsp3) is 1.00. The van der Waals surface area contributed by atoms with E-state index >= 15 is 0 Å². The summed E-state index contributed by atoms with van der Waals surface area (Å²) in [5.74, 6) is 1.33. The summed E-state index contributed by atoms with van der Waals surface area (Å²) in [6.07, 6.45) is 7.04. The van der Waals surface area contributed by atoms with Gasteiger partial charge in [-0.15, -0.1) is 0 Å². The first kappa shape index (κ1) is 13.7. The molecule has 0 N–H and O–H groups in total. The molecule has 17 heavy (non-hydrogen) atoms. The van der Waals surface area contributed by atoms with Gasteiger partial charge in [-0.1, -0.05) is 13.3 Å². The molecule has 0 aromatic carbocycles. The first-order valence-electron chi connectivity index (χ1n) is 7.30. The van der Waals surface area contributed by atoms with Crippen LogP contribution in [0.15, 0.2) is 0 Å². The molecule has 0 radical (unpaired) electrons. The van der Waals surface area contributed by atoms with Gasteiger partial charge in [0.25, 0.3) is 0 Å². The molecular formula is C14H28N2S. The van der Waals surface area contributed by atoms with Crippen LogP contribution in [0.1, 0.15) is 39.0 Å². The summed E-state index contributed by atoms with van der Waals surface area (Å²) in [5.41, 5.74) is 0. The van der Waals surface area contributed by atoms with Gasteiger partial charge in [0.05, 0.1) is 0 Å². The number of rotatable bonds is 3. The minimum Gasteiger partial charge on any atom is -0.303 e. The molecule has 2 heterocycles. The Hall–Kier alpha value is 0.270. The molecule has 2 aliphatic heterocycles. The van der Waals surface area contributed by atoms with Crippen molar-refractivity contribution in [2.45, 2.75) is 50.3 Å². The Bertz CT molecular complexity index is 222. The van der Waals surface area contributed by atoms with E-state index in [1.807, 2.05) is 0 Å². The zero-order chi connectivity index (χ0) is 12.1. The smallest absolute Gasteiger partial charge is 0.0104 e. The maximum absolute atomic E-state index is 2.69. The van der Waals surface area contributed by atoms with Crippen LogP contribution in [-0.2, 0) is 0 Å². The van der Waals surface area contributed by atoms with Gasteiger partial charge in [0, 0.05) is 23.6 Å². The average molecular weight is 256 g/mol. The third-order valence-electron chi connectivity index (χ3n) is 4.36. The second-order valence-corrected chi connectivity index (χ2v) is 7.28. The Labute approximate surface area is 111 Å². The molecule has 2 rings (SSSR count). The van der Waals surface area contributed by atoms with Gasteiger partial charge < -0.3 is 9.80 Å². The van der Waals surface area contributed by atoms with E-state index in [0.29, 0.717) is 0 Å². The van der Waals surface area contributed by atoms with Gasteiger partial charge in [0.2, 0.25) is 0 Å². The van der Waals surface area contributed by atoms with Crippen molar-refractivity contribution in [3.63, 3.8) is 0 Å². The molecule has 2 saturated heterocycles. The highest BCUT2D eigenvalue weighted by Gasteiger charge is 2.20. The van der Waals surface area contributed by atoms with Crippen molar-refractivity contribution < 1.29 is 0 Å². The molecule has 2 aliphatic rings. The number of thioether (sulfide) groups is 1. The molecule has 100 valence electrons. The van der Waals surface area contributed by atoms with Crippen LogP contribution in [-0.4, -0.2) is 60.1 Å².